The zero-order valence-corrected chi connectivity index (χ0v) is 13.3. The van der Waals surface area contributed by atoms with Gasteiger partial charge < -0.3 is 15.0 Å². The Morgan fingerprint density at radius 2 is 2.09 bits per heavy atom. The van der Waals surface area contributed by atoms with E-state index in [0.717, 1.165) is 63.4 Å². The topological polar surface area (TPSA) is 54.5 Å². The van der Waals surface area contributed by atoms with Crippen LogP contribution < -0.4 is 10.2 Å². The van der Waals surface area contributed by atoms with Gasteiger partial charge >= 0.3 is 0 Å². The molecule has 3 rings (SSSR count). The van der Waals surface area contributed by atoms with Crippen LogP contribution in [0.4, 0.5) is 5.82 Å². The molecule has 1 saturated heterocycles. The highest BCUT2D eigenvalue weighted by Gasteiger charge is 2.36. The van der Waals surface area contributed by atoms with Gasteiger partial charge in [-0.1, -0.05) is 25.8 Å². The fourth-order valence-corrected chi connectivity index (χ4v) is 3.40. The largest absolute Gasteiger partial charge is 0.378 e. The monoisotopic (exact) mass is 303 g/mol. The second-order valence-electron chi connectivity index (χ2n) is 6.54. The van der Waals surface area contributed by atoms with Gasteiger partial charge in [0.05, 0.1) is 13.2 Å². The number of hydrogen-bond donors (Lipinski definition) is 1. The van der Waals surface area contributed by atoms with Gasteiger partial charge in [0.25, 0.3) is 0 Å². The summed E-state index contributed by atoms with van der Waals surface area (Å²) in [7, 11) is 0. The van der Waals surface area contributed by atoms with Gasteiger partial charge in [-0.3, -0.25) is 4.79 Å². The molecule has 2 heterocycles. The molecule has 5 heteroatoms. The van der Waals surface area contributed by atoms with Gasteiger partial charge in [0.1, 0.15) is 5.82 Å². The first-order valence-electron chi connectivity index (χ1n) is 8.24. The molecule has 2 aliphatic rings. The van der Waals surface area contributed by atoms with E-state index >= 15 is 0 Å². The van der Waals surface area contributed by atoms with Gasteiger partial charge in [0.2, 0.25) is 5.91 Å². The molecular weight excluding hydrogens is 278 g/mol. The Labute approximate surface area is 132 Å². The lowest BCUT2D eigenvalue weighted by atomic mass is 9.88. The Morgan fingerprint density at radius 1 is 1.36 bits per heavy atom. The second-order valence-corrected chi connectivity index (χ2v) is 6.54. The lowest BCUT2D eigenvalue weighted by Crippen LogP contribution is -2.39. The van der Waals surface area contributed by atoms with E-state index in [2.05, 4.69) is 28.2 Å². The van der Waals surface area contributed by atoms with Gasteiger partial charge in [-0.2, -0.15) is 0 Å². The van der Waals surface area contributed by atoms with E-state index in [0.29, 0.717) is 6.54 Å². The number of nitrogens with one attached hydrogen (secondary N) is 1. The average molecular weight is 303 g/mol. The van der Waals surface area contributed by atoms with Crippen molar-refractivity contribution in [2.45, 2.75) is 39.2 Å². The van der Waals surface area contributed by atoms with Crippen LogP contribution in [0.2, 0.25) is 0 Å². The third-order valence-electron chi connectivity index (χ3n) is 4.87. The molecule has 1 aromatic rings. The van der Waals surface area contributed by atoms with Crippen LogP contribution in [-0.2, 0) is 16.1 Å². The number of hydrogen-bond acceptors (Lipinski definition) is 4. The zero-order valence-electron chi connectivity index (χ0n) is 13.3. The van der Waals surface area contributed by atoms with Crippen molar-refractivity contribution in [3.8, 4) is 0 Å². The van der Waals surface area contributed by atoms with Crippen LogP contribution in [0.3, 0.4) is 0 Å². The van der Waals surface area contributed by atoms with Crippen LogP contribution in [0.25, 0.3) is 0 Å². The Balaban J connectivity index is 1.66. The number of anilines is 1. The van der Waals surface area contributed by atoms with Gasteiger partial charge in [-0.15, -0.1) is 0 Å². The van der Waals surface area contributed by atoms with E-state index in [1.165, 1.54) is 0 Å². The zero-order chi connectivity index (χ0) is 15.4. The van der Waals surface area contributed by atoms with Crippen LogP contribution in [-0.4, -0.2) is 37.2 Å². The molecule has 120 valence electrons. The maximum Gasteiger partial charge on any atom is 0.226 e. The molecule has 1 amide bonds. The van der Waals surface area contributed by atoms with Crippen LogP contribution >= 0.6 is 0 Å². The summed E-state index contributed by atoms with van der Waals surface area (Å²) in [6.07, 6.45) is 6.14. The van der Waals surface area contributed by atoms with Crippen molar-refractivity contribution in [1.29, 1.82) is 0 Å². The maximum absolute atomic E-state index is 12.5. The van der Waals surface area contributed by atoms with Crippen molar-refractivity contribution < 1.29 is 9.53 Å². The number of nitrogens with zero attached hydrogens (tertiary/aromatic N) is 2. The molecule has 0 unspecified atom stereocenters. The van der Waals surface area contributed by atoms with Crippen molar-refractivity contribution in [2.75, 3.05) is 31.2 Å². The van der Waals surface area contributed by atoms with Crippen molar-refractivity contribution in [3.63, 3.8) is 0 Å². The summed E-state index contributed by atoms with van der Waals surface area (Å²) in [6, 6.07) is 3.98. The highest BCUT2D eigenvalue weighted by atomic mass is 16.5. The quantitative estimate of drug-likeness (QED) is 0.925. The number of ether oxygens (including phenoxy) is 1. The summed E-state index contributed by atoms with van der Waals surface area (Å²) in [5.41, 5.74) is 0.903. The van der Waals surface area contributed by atoms with Crippen molar-refractivity contribution in [2.24, 2.45) is 5.41 Å². The molecule has 5 nitrogen and oxygen atoms in total. The summed E-state index contributed by atoms with van der Waals surface area (Å²) >= 11 is 0. The van der Waals surface area contributed by atoms with Crippen LogP contribution in [0, 0.1) is 5.41 Å². The van der Waals surface area contributed by atoms with E-state index in [1.807, 2.05) is 12.3 Å². The fourth-order valence-electron chi connectivity index (χ4n) is 3.40. The third-order valence-corrected chi connectivity index (χ3v) is 4.87. The lowest BCUT2D eigenvalue weighted by Gasteiger charge is -2.29. The van der Waals surface area contributed by atoms with E-state index in [4.69, 9.17) is 4.74 Å². The molecule has 2 fully saturated rings. The molecule has 1 saturated carbocycles. The number of amides is 1. The predicted molar refractivity (Wildman–Crippen MR) is 85.7 cm³/mol. The average Bonchev–Trinajstić information content (AvgIpc) is 3.02. The molecule has 0 bridgehead atoms. The first-order valence-corrected chi connectivity index (χ1v) is 8.24. The van der Waals surface area contributed by atoms with Crippen LogP contribution in [0.5, 0.6) is 0 Å². The van der Waals surface area contributed by atoms with Crippen LogP contribution in [0.1, 0.15) is 38.2 Å². The van der Waals surface area contributed by atoms with E-state index in [1.54, 1.807) is 0 Å². The van der Waals surface area contributed by atoms with Gasteiger partial charge in [-0.05, 0) is 18.9 Å². The summed E-state index contributed by atoms with van der Waals surface area (Å²) in [6.45, 7) is 5.82. The number of rotatable bonds is 4. The van der Waals surface area contributed by atoms with Crippen molar-refractivity contribution in [3.05, 3.63) is 23.9 Å². The second kappa shape index (κ2) is 6.65. The number of carbonyl (C=O) groups excluding carboxylic acids is 1. The molecule has 1 aliphatic carbocycles. The number of carbonyl (C=O) groups is 1. The third kappa shape index (κ3) is 3.24. The summed E-state index contributed by atoms with van der Waals surface area (Å²) in [5.74, 6) is 1.16. The fraction of sp³-hybridized carbons (Fsp3) is 0.647. The number of aromatic nitrogens is 1. The lowest BCUT2D eigenvalue weighted by molar-refractivity contribution is -0.130. The van der Waals surface area contributed by atoms with Crippen molar-refractivity contribution >= 4 is 11.7 Å². The Kier molecular flexibility index (Phi) is 4.62. The Bertz CT molecular complexity index is 520. The Morgan fingerprint density at radius 3 is 2.82 bits per heavy atom. The van der Waals surface area contributed by atoms with Gasteiger partial charge in [-0.25, -0.2) is 4.98 Å². The molecule has 1 aliphatic heterocycles. The van der Waals surface area contributed by atoms with E-state index in [-0.39, 0.29) is 11.3 Å². The van der Waals surface area contributed by atoms with E-state index < -0.39 is 0 Å². The van der Waals surface area contributed by atoms with Gasteiger partial charge in [0.15, 0.2) is 0 Å². The highest BCUT2D eigenvalue weighted by Crippen LogP contribution is 2.37. The van der Waals surface area contributed by atoms with Gasteiger partial charge in [0, 0.05) is 36.8 Å². The minimum Gasteiger partial charge on any atom is -0.378 e. The minimum atomic E-state index is -0.179. The molecule has 1 N–H and O–H groups in total. The molecule has 0 atom stereocenters. The first kappa shape index (κ1) is 15.3. The van der Waals surface area contributed by atoms with Crippen molar-refractivity contribution in [1.82, 2.24) is 10.3 Å². The first-order chi connectivity index (χ1) is 10.7. The summed E-state index contributed by atoms with van der Waals surface area (Å²) in [4.78, 5) is 19.2. The van der Waals surface area contributed by atoms with E-state index in [9.17, 15) is 4.79 Å². The maximum atomic E-state index is 12.5. The minimum absolute atomic E-state index is 0.179. The number of morpholine rings is 1. The molecule has 22 heavy (non-hydrogen) atoms. The normalized spacial score (nSPS) is 20.9. The summed E-state index contributed by atoms with van der Waals surface area (Å²) < 4.78 is 5.40. The number of pyridine rings is 1. The smallest absolute Gasteiger partial charge is 0.226 e. The SMILES string of the molecule is CC1(C(=O)NCc2cccnc2N2CCOCC2)CCCC1. The molecular formula is C17H25N3O2. The Hall–Kier alpha value is -1.62. The summed E-state index contributed by atoms with van der Waals surface area (Å²) in [5, 5.41) is 3.12. The molecule has 1 aromatic heterocycles. The molecule has 0 radical (unpaired) electrons. The highest BCUT2D eigenvalue weighted by molar-refractivity contribution is 5.82. The predicted octanol–water partition coefficient (Wildman–Crippen LogP) is 2.11. The molecule has 0 spiro atoms. The standard InChI is InChI=1S/C17H25N3O2/c1-17(6-2-3-7-17)16(21)19-13-14-5-4-8-18-15(14)20-9-11-22-12-10-20/h4-5,8H,2-3,6-7,9-13H2,1H3,(H,19,21). The molecule has 0 aromatic carbocycles. The van der Waals surface area contributed by atoms with Crippen LogP contribution in [0.15, 0.2) is 18.3 Å².